The van der Waals surface area contributed by atoms with Gasteiger partial charge in [-0.2, -0.15) is 0 Å². The van der Waals surface area contributed by atoms with E-state index in [2.05, 4.69) is 58.4 Å². The number of nitrogens with one attached hydrogen (secondary N) is 2. The van der Waals surface area contributed by atoms with Crippen LogP contribution in [0.1, 0.15) is 25.3 Å². The number of ether oxygens (including phenoxy) is 1. The van der Waals surface area contributed by atoms with Gasteiger partial charge in [0.05, 0.1) is 26.0 Å². The molecular weight excluding hydrogens is 493 g/mol. The zero-order valence-electron chi connectivity index (χ0n) is 18.4. The van der Waals surface area contributed by atoms with Crippen molar-refractivity contribution in [3.8, 4) is 11.3 Å². The molecule has 2 heterocycles. The number of rotatable bonds is 7. The fourth-order valence-electron chi connectivity index (χ4n) is 3.52. The minimum atomic E-state index is 0. The Morgan fingerprint density at radius 2 is 1.87 bits per heavy atom. The Morgan fingerprint density at radius 3 is 2.50 bits per heavy atom. The quantitative estimate of drug-likeness (QED) is 0.327. The first-order valence-electron chi connectivity index (χ1n) is 10.3. The van der Waals surface area contributed by atoms with Crippen molar-refractivity contribution in [2.24, 2.45) is 10.9 Å². The van der Waals surface area contributed by atoms with Gasteiger partial charge in [0.25, 0.3) is 0 Å². The fraction of sp³-hybridized carbons (Fsp3) is 0.545. The number of aryl methyl sites for hydroxylation is 1. The molecule has 1 atom stereocenters. The van der Waals surface area contributed by atoms with Gasteiger partial charge in [-0.3, -0.25) is 9.89 Å². The van der Waals surface area contributed by atoms with Crippen LogP contribution in [-0.2, 0) is 11.3 Å². The maximum Gasteiger partial charge on any atom is 0.214 e. The molecule has 0 bridgehead atoms. The zero-order chi connectivity index (χ0) is 20.6. The van der Waals surface area contributed by atoms with Crippen LogP contribution in [0.25, 0.3) is 11.3 Å². The van der Waals surface area contributed by atoms with Crippen molar-refractivity contribution in [3.05, 3.63) is 41.9 Å². The lowest BCUT2D eigenvalue weighted by atomic mass is 10.0. The predicted octanol–water partition coefficient (Wildman–Crippen LogP) is 3.29. The van der Waals surface area contributed by atoms with Crippen molar-refractivity contribution < 1.29 is 9.15 Å². The first-order chi connectivity index (χ1) is 14.1. The van der Waals surface area contributed by atoms with Crippen molar-refractivity contribution in [3.63, 3.8) is 0 Å². The van der Waals surface area contributed by atoms with Gasteiger partial charge in [-0.1, -0.05) is 43.7 Å². The lowest BCUT2D eigenvalue weighted by Crippen LogP contribution is -2.52. The summed E-state index contributed by atoms with van der Waals surface area (Å²) in [4.78, 5) is 11.2. The molecule has 3 rings (SSSR count). The van der Waals surface area contributed by atoms with E-state index in [1.807, 2.05) is 12.1 Å². The second-order valence-corrected chi connectivity index (χ2v) is 7.75. The van der Waals surface area contributed by atoms with Crippen LogP contribution < -0.4 is 10.6 Å². The zero-order valence-corrected chi connectivity index (χ0v) is 20.7. The van der Waals surface area contributed by atoms with Crippen molar-refractivity contribution in [2.75, 3.05) is 39.9 Å². The minimum Gasteiger partial charge on any atom is -0.439 e. The Balaban J connectivity index is 0.00000320. The molecule has 0 aliphatic carbocycles. The normalized spacial score (nSPS) is 16.2. The summed E-state index contributed by atoms with van der Waals surface area (Å²) in [5.41, 5.74) is 2.25. The van der Waals surface area contributed by atoms with E-state index >= 15 is 0 Å². The van der Waals surface area contributed by atoms with Crippen LogP contribution in [0, 0.1) is 12.8 Å². The van der Waals surface area contributed by atoms with E-state index in [-0.39, 0.29) is 24.0 Å². The summed E-state index contributed by atoms with van der Waals surface area (Å²) >= 11 is 0. The Morgan fingerprint density at radius 1 is 1.17 bits per heavy atom. The number of guanidine groups is 1. The van der Waals surface area contributed by atoms with Gasteiger partial charge >= 0.3 is 0 Å². The smallest absolute Gasteiger partial charge is 0.214 e. The van der Waals surface area contributed by atoms with Gasteiger partial charge in [-0.15, -0.1) is 24.0 Å². The van der Waals surface area contributed by atoms with Crippen molar-refractivity contribution in [1.82, 2.24) is 20.5 Å². The highest BCUT2D eigenvalue weighted by atomic mass is 127. The number of nitrogens with zero attached hydrogens (tertiary/aromatic N) is 3. The molecule has 0 saturated carbocycles. The predicted molar refractivity (Wildman–Crippen MR) is 131 cm³/mol. The van der Waals surface area contributed by atoms with Gasteiger partial charge in [-0.05, 0) is 12.8 Å². The molecule has 166 valence electrons. The first kappa shape index (κ1) is 24.6. The van der Waals surface area contributed by atoms with Gasteiger partial charge in [0.1, 0.15) is 0 Å². The molecule has 2 N–H and O–H groups in total. The van der Waals surface area contributed by atoms with Crippen molar-refractivity contribution >= 4 is 29.9 Å². The molecule has 0 spiro atoms. The largest absolute Gasteiger partial charge is 0.439 e. The highest BCUT2D eigenvalue weighted by molar-refractivity contribution is 14.0. The molecule has 1 fully saturated rings. The molecule has 0 amide bonds. The second-order valence-electron chi connectivity index (χ2n) is 7.75. The molecule has 1 aromatic carbocycles. The molecule has 0 radical (unpaired) electrons. The summed E-state index contributed by atoms with van der Waals surface area (Å²) in [5.74, 6) is 2.70. The SMILES string of the molecule is CN=C(NCc1ncc(-c2ccc(C)cc2)o1)NCC(C(C)C)N1CCOCC1.I. The Bertz CT molecular complexity index is 785. The number of benzene rings is 1. The third kappa shape index (κ3) is 6.95. The van der Waals surface area contributed by atoms with Gasteiger partial charge < -0.3 is 19.8 Å². The molecule has 8 heteroatoms. The maximum atomic E-state index is 5.88. The molecule has 2 aromatic rings. The van der Waals surface area contributed by atoms with Gasteiger partial charge in [-0.25, -0.2) is 4.98 Å². The summed E-state index contributed by atoms with van der Waals surface area (Å²) in [6, 6.07) is 8.67. The topological polar surface area (TPSA) is 74.9 Å². The molecule has 30 heavy (non-hydrogen) atoms. The van der Waals surface area contributed by atoms with Gasteiger partial charge in [0.15, 0.2) is 11.7 Å². The van der Waals surface area contributed by atoms with Crippen LogP contribution in [-0.4, -0.2) is 61.8 Å². The van der Waals surface area contributed by atoms with E-state index in [4.69, 9.17) is 9.15 Å². The summed E-state index contributed by atoms with van der Waals surface area (Å²) in [5, 5.41) is 6.75. The molecule has 1 aliphatic heterocycles. The van der Waals surface area contributed by atoms with E-state index in [0.29, 0.717) is 24.4 Å². The Kier molecular flexibility index (Phi) is 10.1. The molecule has 1 aliphatic rings. The number of oxazole rings is 1. The molecule has 1 unspecified atom stereocenters. The van der Waals surface area contributed by atoms with Crippen LogP contribution >= 0.6 is 24.0 Å². The Hall–Kier alpha value is -1.65. The molecular formula is C22H34IN5O2. The third-order valence-electron chi connectivity index (χ3n) is 5.28. The lowest BCUT2D eigenvalue weighted by Gasteiger charge is -2.37. The van der Waals surface area contributed by atoms with E-state index in [9.17, 15) is 0 Å². The van der Waals surface area contributed by atoms with Crippen molar-refractivity contribution in [2.45, 2.75) is 33.4 Å². The number of aliphatic imine (C=N–C) groups is 1. The lowest BCUT2D eigenvalue weighted by molar-refractivity contribution is 0.00752. The molecule has 1 aromatic heterocycles. The van der Waals surface area contributed by atoms with Gasteiger partial charge in [0, 0.05) is 38.3 Å². The highest BCUT2D eigenvalue weighted by Gasteiger charge is 2.23. The third-order valence-corrected chi connectivity index (χ3v) is 5.28. The summed E-state index contributed by atoms with van der Waals surface area (Å²) in [6.07, 6.45) is 1.77. The van der Waals surface area contributed by atoms with Crippen molar-refractivity contribution in [1.29, 1.82) is 0 Å². The average molecular weight is 527 g/mol. The molecule has 7 nitrogen and oxygen atoms in total. The van der Waals surface area contributed by atoms with Crippen LogP contribution in [0.5, 0.6) is 0 Å². The van der Waals surface area contributed by atoms with Gasteiger partial charge in [0.2, 0.25) is 5.89 Å². The number of hydrogen-bond donors (Lipinski definition) is 2. The second kappa shape index (κ2) is 12.3. The van der Waals surface area contributed by atoms with Crippen LogP contribution in [0.2, 0.25) is 0 Å². The monoisotopic (exact) mass is 527 g/mol. The fourth-order valence-corrected chi connectivity index (χ4v) is 3.52. The average Bonchev–Trinajstić information content (AvgIpc) is 3.20. The number of hydrogen-bond acceptors (Lipinski definition) is 5. The van der Waals surface area contributed by atoms with Crippen LogP contribution in [0.4, 0.5) is 0 Å². The summed E-state index contributed by atoms with van der Waals surface area (Å²) in [6.45, 7) is 11.5. The van der Waals surface area contributed by atoms with E-state index in [1.165, 1.54) is 5.56 Å². The number of aromatic nitrogens is 1. The van der Waals surface area contributed by atoms with Crippen LogP contribution in [0.3, 0.4) is 0 Å². The number of halogens is 1. The first-order valence-corrected chi connectivity index (χ1v) is 10.3. The summed E-state index contributed by atoms with van der Waals surface area (Å²) in [7, 11) is 1.78. The van der Waals surface area contributed by atoms with E-state index < -0.39 is 0 Å². The number of morpholine rings is 1. The summed E-state index contributed by atoms with van der Waals surface area (Å²) < 4.78 is 11.4. The molecule has 1 saturated heterocycles. The Labute approximate surface area is 196 Å². The van der Waals surface area contributed by atoms with E-state index in [1.54, 1.807) is 13.2 Å². The maximum absolute atomic E-state index is 5.88. The highest BCUT2D eigenvalue weighted by Crippen LogP contribution is 2.20. The minimum absolute atomic E-state index is 0. The van der Waals surface area contributed by atoms with Crippen LogP contribution in [0.15, 0.2) is 39.9 Å². The van der Waals surface area contributed by atoms with E-state index in [0.717, 1.165) is 50.1 Å². The standard InChI is InChI=1S/C22H33N5O2.HI/c1-16(2)19(27-9-11-28-12-10-27)13-25-22(23-4)26-15-21-24-14-20(29-21)18-7-5-17(3)6-8-18;/h5-8,14,16,19H,9-13,15H2,1-4H3,(H2,23,25,26);1H.